The highest BCUT2D eigenvalue weighted by atomic mass is 13.9. The molecule has 0 heterocycles. The molecule has 0 spiro atoms. The fourth-order valence-corrected chi connectivity index (χ4v) is 1.41. The van der Waals surface area contributed by atoms with Gasteiger partial charge in [0.15, 0.2) is 0 Å². The van der Waals surface area contributed by atoms with Crippen molar-refractivity contribution in [3.8, 4) is 0 Å². The van der Waals surface area contributed by atoms with Crippen molar-refractivity contribution in [1.29, 1.82) is 0 Å². The van der Waals surface area contributed by atoms with Gasteiger partial charge in [0.05, 0.1) is 0 Å². The molecule has 0 N–H and O–H groups in total. The predicted molar refractivity (Wildman–Crippen MR) is 64.3 cm³/mol. The lowest BCUT2D eigenvalue weighted by molar-refractivity contribution is 0.861. The molecule has 1 aliphatic carbocycles. The van der Waals surface area contributed by atoms with Crippen molar-refractivity contribution in [3.05, 3.63) is 48.6 Å². The predicted octanol–water partition coefficient (Wildman–Crippen LogP) is 4.57. The van der Waals surface area contributed by atoms with Crippen molar-refractivity contribution in [2.75, 3.05) is 0 Å². The van der Waals surface area contributed by atoms with Crippen LogP contribution in [0.3, 0.4) is 0 Å². The van der Waals surface area contributed by atoms with Crippen LogP contribution in [0.25, 0.3) is 0 Å². The Kier molecular flexibility index (Phi) is 6.74. The Hall–Kier alpha value is -1.04. The van der Waals surface area contributed by atoms with Crippen LogP contribution in [0.4, 0.5) is 0 Å². The van der Waals surface area contributed by atoms with E-state index in [1.807, 2.05) is 0 Å². The minimum atomic E-state index is 1.19. The summed E-state index contributed by atoms with van der Waals surface area (Å²) in [6.45, 7) is 0. The van der Waals surface area contributed by atoms with Gasteiger partial charge in [0, 0.05) is 0 Å². The normalized spacial score (nSPS) is 21.7. The maximum Gasteiger partial charge on any atom is -0.0345 e. The summed E-state index contributed by atoms with van der Waals surface area (Å²) in [5, 5.41) is 0. The Morgan fingerprint density at radius 1 is 0.429 bits per heavy atom. The summed E-state index contributed by atoms with van der Waals surface area (Å²) in [7, 11) is 0. The quantitative estimate of drug-likeness (QED) is 0.522. The van der Waals surface area contributed by atoms with Crippen molar-refractivity contribution < 1.29 is 0 Å². The lowest BCUT2D eigenvalue weighted by atomic mass is 10.2. The average molecular weight is 188 g/mol. The van der Waals surface area contributed by atoms with Crippen LogP contribution >= 0.6 is 0 Å². The van der Waals surface area contributed by atoms with Gasteiger partial charge < -0.3 is 0 Å². The molecule has 0 radical (unpaired) electrons. The van der Waals surface area contributed by atoms with Crippen LogP contribution in [0.15, 0.2) is 48.6 Å². The number of hydrogen-bond acceptors (Lipinski definition) is 0. The first-order chi connectivity index (χ1) is 7.00. The van der Waals surface area contributed by atoms with Crippen LogP contribution in [0.5, 0.6) is 0 Å². The van der Waals surface area contributed by atoms with Crippen LogP contribution in [0, 0.1) is 0 Å². The Bertz CT molecular complexity index is 178. The third-order valence-electron chi connectivity index (χ3n) is 2.25. The van der Waals surface area contributed by atoms with Gasteiger partial charge in [-0.25, -0.2) is 0 Å². The molecule has 76 valence electrons. The summed E-state index contributed by atoms with van der Waals surface area (Å²) < 4.78 is 0. The van der Waals surface area contributed by atoms with Gasteiger partial charge >= 0.3 is 0 Å². The zero-order valence-corrected chi connectivity index (χ0v) is 8.86. The molecule has 0 aromatic rings. The molecule has 0 bridgehead atoms. The first-order valence-corrected chi connectivity index (χ1v) is 5.63. The number of hydrogen-bond donors (Lipinski definition) is 0. The van der Waals surface area contributed by atoms with E-state index in [0.717, 1.165) is 0 Å². The SMILES string of the molecule is C1=CCCCC=C/C=C/CCCC=C1. The molecule has 1 aliphatic rings. The molecule has 0 saturated heterocycles. The summed E-state index contributed by atoms with van der Waals surface area (Å²) >= 11 is 0. The van der Waals surface area contributed by atoms with Crippen LogP contribution in [-0.4, -0.2) is 0 Å². The highest BCUT2D eigenvalue weighted by molar-refractivity contribution is 5.05. The number of allylic oxidation sites excluding steroid dienone is 8. The summed E-state index contributed by atoms with van der Waals surface area (Å²) in [5.41, 5.74) is 0. The topological polar surface area (TPSA) is 0 Å². The van der Waals surface area contributed by atoms with Gasteiger partial charge in [0.25, 0.3) is 0 Å². The molecule has 1 rings (SSSR count). The molecule has 0 saturated carbocycles. The molecule has 0 amide bonds. The fraction of sp³-hybridized carbons (Fsp3) is 0.429. The van der Waals surface area contributed by atoms with E-state index in [1.54, 1.807) is 0 Å². The van der Waals surface area contributed by atoms with Crippen LogP contribution in [0.2, 0.25) is 0 Å². The number of rotatable bonds is 0. The second-order valence-corrected chi connectivity index (χ2v) is 3.57. The van der Waals surface area contributed by atoms with E-state index < -0.39 is 0 Å². The Labute approximate surface area is 87.7 Å². The van der Waals surface area contributed by atoms with Gasteiger partial charge in [0.2, 0.25) is 0 Å². The highest BCUT2D eigenvalue weighted by Gasteiger charge is 1.82. The first-order valence-electron chi connectivity index (χ1n) is 5.63. The maximum atomic E-state index is 2.26. The van der Waals surface area contributed by atoms with Crippen molar-refractivity contribution >= 4 is 0 Å². The van der Waals surface area contributed by atoms with Crippen molar-refractivity contribution in [2.24, 2.45) is 0 Å². The van der Waals surface area contributed by atoms with Gasteiger partial charge in [-0.15, -0.1) is 0 Å². The smallest absolute Gasteiger partial charge is 0.0345 e. The standard InChI is InChI=1S/C14H20/c1-2-4-6-8-10-12-14-13-11-9-7-5-3-1/h1-4,11-14H,5-10H2/b3-1+,4-2?,13-11?,14-12?. The van der Waals surface area contributed by atoms with E-state index in [-0.39, 0.29) is 0 Å². The second-order valence-electron chi connectivity index (χ2n) is 3.57. The van der Waals surface area contributed by atoms with Crippen LogP contribution in [0.1, 0.15) is 38.5 Å². The van der Waals surface area contributed by atoms with E-state index in [4.69, 9.17) is 0 Å². The molecular formula is C14H20. The van der Waals surface area contributed by atoms with Crippen molar-refractivity contribution in [3.63, 3.8) is 0 Å². The summed E-state index contributed by atoms with van der Waals surface area (Å²) in [4.78, 5) is 0. The van der Waals surface area contributed by atoms with Crippen LogP contribution in [-0.2, 0) is 0 Å². The molecular weight excluding hydrogens is 168 g/mol. The molecule has 0 unspecified atom stereocenters. The molecule has 0 atom stereocenters. The molecule has 0 aromatic heterocycles. The summed E-state index contributed by atoms with van der Waals surface area (Å²) in [5.74, 6) is 0. The first kappa shape index (κ1) is 11.0. The monoisotopic (exact) mass is 188 g/mol. The van der Waals surface area contributed by atoms with Gasteiger partial charge in [-0.1, -0.05) is 48.6 Å². The lowest BCUT2D eigenvalue weighted by Gasteiger charge is -1.91. The largest absolute Gasteiger partial charge is 0.0845 e. The molecule has 0 nitrogen and oxygen atoms in total. The average Bonchev–Trinajstić information content (AvgIpc) is 2.22. The van der Waals surface area contributed by atoms with Crippen molar-refractivity contribution in [2.45, 2.75) is 38.5 Å². The zero-order chi connectivity index (χ0) is 9.90. The summed E-state index contributed by atoms with van der Waals surface area (Å²) in [6.07, 6.45) is 25.0. The second kappa shape index (κ2) is 8.55. The molecule has 14 heavy (non-hydrogen) atoms. The van der Waals surface area contributed by atoms with Gasteiger partial charge in [0.1, 0.15) is 0 Å². The molecule has 0 fully saturated rings. The van der Waals surface area contributed by atoms with E-state index in [0.29, 0.717) is 0 Å². The molecule has 0 aliphatic heterocycles. The van der Waals surface area contributed by atoms with E-state index >= 15 is 0 Å². The Morgan fingerprint density at radius 3 is 1.00 bits per heavy atom. The van der Waals surface area contributed by atoms with Gasteiger partial charge in [-0.3, -0.25) is 0 Å². The van der Waals surface area contributed by atoms with E-state index in [1.165, 1.54) is 38.5 Å². The van der Waals surface area contributed by atoms with Gasteiger partial charge in [-0.2, -0.15) is 0 Å². The van der Waals surface area contributed by atoms with E-state index in [2.05, 4.69) is 48.6 Å². The molecule has 0 aromatic carbocycles. The maximum absolute atomic E-state index is 2.26. The highest BCUT2D eigenvalue weighted by Crippen LogP contribution is 2.02. The lowest BCUT2D eigenvalue weighted by Crippen LogP contribution is -1.71. The molecule has 0 heteroatoms. The zero-order valence-electron chi connectivity index (χ0n) is 8.86. The minimum Gasteiger partial charge on any atom is -0.0845 e. The Morgan fingerprint density at radius 2 is 0.714 bits per heavy atom. The van der Waals surface area contributed by atoms with Crippen molar-refractivity contribution in [1.82, 2.24) is 0 Å². The fourth-order valence-electron chi connectivity index (χ4n) is 1.41. The third-order valence-corrected chi connectivity index (χ3v) is 2.25. The summed E-state index contributed by atoms with van der Waals surface area (Å²) in [6, 6.07) is 0. The minimum absolute atomic E-state index is 1.19. The Balaban J connectivity index is 2.33. The van der Waals surface area contributed by atoms with Gasteiger partial charge in [-0.05, 0) is 38.5 Å². The van der Waals surface area contributed by atoms with Crippen LogP contribution < -0.4 is 0 Å². The third kappa shape index (κ3) is 6.47. The van der Waals surface area contributed by atoms with E-state index in [9.17, 15) is 0 Å².